The van der Waals surface area contributed by atoms with Crippen molar-refractivity contribution in [1.29, 1.82) is 0 Å². The molecule has 0 atom stereocenters. The zero-order valence-electron chi connectivity index (χ0n) is 14.5. The predicted molar refractivity (Wildman–Crippen MR) is 104 cm³/mol. The fraction of sp³-hybridized carbons (Fsp3) is 0.167. The van der Waals surface area contributed by atoms with Gasteiger partial charge in [-0.15, -0.1) is 5.10 Å². The summed E-state index contributed by atoms with van der Waals surface area (Å²) < 4.78 is 30.4. The fourth-order valence-corrected chi connectivity index (χ4v) is 3.78. The van der Waals surface area contributed by atoms with Crippen molar-refractivity contribution >= 4 is 37.7 Å². The van der Waals surface area contributed by atoms with Crippen molar-refractivity contribution in [1.82, 2.24) is 10.2 Å². The molecule has 0 aliphatic heterocycles. The van der Waals surface area contributed by atoms with Gasteiger partial charge in [0.25, 0.3) is 5.91 Å². The van der Waals surface area contributed by atoms with Crippen molar-refractivity contribution in [3.8, 4) is 11.5 Å². The Morgan fingerprint density at radius 3 is 2.37 bits per heavy atom. The second-order valence-electron chi connectivity index (χ2n) is 5.96. The Labute approximate surface area is 164 Å². The number of hydrogen-bond acceptors (Lipinski definition) is 6. The zero-order chi connectivity index (χ0) is 19.6. The first kappa shape index (κ1) is 19.2. The van der Waals surface area contributed by atoms with Crippen molar-refractivity contribution in [2.75, 3.05) is 5.32 Å². The molecule has 0 fully saturated rings. The minimum Gasteiger partial charge on any atom is -0.403 e. The van der Waals surface area contributed by atoms with Gasteiger partial charge in [0.2, 0.25) is 5.89 Å². The number of nitrogens with one attached hydrogen (secondary N) is 1. The quantitative estimate of drug-likeness (QED) is 0.632. The Hall–Kier alpha value is -2.52. The van der Waals surface area contributed by atoms with Crippen LogP contribution in [0.15, 0.2) is 62.3 Å². The summed E-state index contributed by atoms with van der Waals surface area (Å²) in [5, 5.41) is 9.72. The molecule has 3 aromatic rings. The molecule has 0 saturated carbocycles. The van der Waals surface area contributed by atoms with Gasteiger partial charge in [0.05, 0.1) is 15.7 Å². The number of carbonyl (C=O) groups is 1. The number of nitrogens with zero attached hydrogens (tertiary/aromatic N) is 2. The number of amides is 1. The lowest BCUT2D eigenvalue weighted by Crippen LogP contribution is -2.13. The Morgan fingerprint density at radius 1 is 1.07 bits per heavy atom. The molecule has 140 valence electrons. The van der Waals surface area contributed by atoms with Crippen LogP contribution in [0.25, 0.3) is 11.5 Å². The third-order valence-corrected chi connectivity index (χ3v) is 6.68. The molecule has 7 nitrogen and oxygen atoms in total. The summed E-state index contributed by atoms with van der Waals surface area (Å²) in [5.41, 5.74) is 0.979. The van der Waals surface area contributed by atoms with E-state index in [1.807, 2.05) is 0 Å². The third kappa shape index (κ3) is 4.09. The molecule has 2 aromatic carbocycles. The first-order valence-electron chi connectivity index (χ1n) is 8.03. The highest BCUT2D eigenvalue weighted by Crippen LogP contribution is 2.24. The van der Waals surface area contributed by atoms with Gasteiger partial charge >= 0.3 is 6.01 Å². The SMILES string of the molecule is CC(C)S(=O)(=O)c1ccc(-c2nnc(NC(=O)c3ccccc3Br)o2)cc1. The number of halogens is 1. The molecule has 0 aliphatic carbocycles. The van der Waals surface area contributed by atoms with Gasteiger partial charge in [0, 0.05) is 10.0 Å². The minimum absolute atomic E-state index is 0.0513. The molecule has 0 aliphatic rings. The molecule has 27 heavy (non-hydrogen) atoms. The van der Waals surface area contributed by atoms with Crippen LogP contribution < -0.4 is 5.32 Å². The molecule has 1 heterocycles. The van der Waals surface area contributed by atoms with Gasteiger partial charge in [-0.1, -0.05) is 17.2 Å². The number of benzene rings is 2. The normalized spacial score (nSPS) is 11.6. The summed E-state index contributed by atoms with van der Waals surface area (Å²) in [4.78, 5) is 12.5. The topological polar surface area (TPSA) is 102 Å². The van der Waals surface area contributed by atoms with Crippen molar-refractivity contribution < 1.29 is 17.6 Å². The molecule has 0 saturated heterocycles. The fourth-order valence-electron chi connectivity index (χ4n) is 2.26. The lowest BCUT2D eigenvalue weighted by Gasteiger charge is -2.07. The maximum absolute atomic E-state index is 12.3. The maximum atomic E-state index is 12.3. The third-order valence-electron chi connectivity index (χ3n) is 3.81. The molecule has 1 N–H and O–H groups in total. The van der Waals surface area contributed by atoms with Gasteiger partial charge in [-0.3, -0.25) is 10.1 Å². The predicted octanol–water partition coefficient (Wildman–Crippen LogP) is 3.93. The average Bonchev–Trinajstić information content (AvgIpc) is 3.10. The van der Waals surface area contributed by atoms with E-state index in [4.69, 9.17) is 4.42 Å². The summed E-state index contributed by atoms with van der Waals surface area (Å²) >= 11 is 3.31. The Morgan fingerprint density at radius 2 is 1.74 bits per heavy atom. The van der Waals surface area contributed by atoms with Gasteiger partial charge in [-0.05, 0) is 66.2 Å². The number of carbonyl (C=O) groups excluding carboxylic acids is 1. The maximum Gasteiger partial charge on any atom is 0.322 e. The summed E-state index contributed by atoms with van der Waals surface area (Å²) in [6.07, 6.45) is 0. The summed E-state index contributed by atoms with van der Waals surface area (Å²) in [5.74, 6) is -0.220. The highest BCUT2D eigenvalue weighted by molar-refractivity contribution is 9.10. The summed E-state index contributed by atoms with van der Waals surface area (Å²) in [7, 11) is -3.35. The van der Waals surface area contributed by atoms with Gasteiger partial charge < -0.3 is 4.42 Å². The average molecular weight is 450 g/mol. The Kier molecular flexibility index (Phi) is 5.43. The Balaban J connectivity index is 1.78. The van der Waals surface area contributed by atoms with E-state index in [-0.39, 0.29) is 16.8 Å². The first-order chi connectivity index (χ1) is 12.8. The second-order valence-corrected chi connectivity index (χ2v) is 9.32. The number of aromatic nitrogens is 2. The van der Waals surface area contributed by atoms with E-state index in [2.05, 4.69) is 31.4 Å². The van der Waals surface area contributed by atoms with E-state index < -0.39 is 21.0 Å². The van der Waals surface area contributed by atoms with Crippen LogP contribution >= 0.6 is 15.9 Å². The van der Waals surface area contributed by atoms with Crippen LogP contribution in [0.2, 0.25) is 0 Å². The molecule has 0 radical (unpaired) electrons. The van der Waals surface area contributed by atoms with Crippen molar-refractivity contribution in [3.63, 3.8) is 0 Å². The number of sulfone groups is 1. The molecule has 1 aromatic heterocycles. The van der Waals surface area contributed by atoms with Crippen molar-refractivity contribution in [2.24, 2.45) is 0 Å². The molecular formula is C18H16BrN3O4S. The van der Waals surface area contributed by atoms with Crippen molar-refractivity contribution in [2.45, 2.75) is 24.0 Å². The second kappa shape index (κ2) is 7.61. The highest BCUT2D eigenvalue weighted by atomic mass is 79.9. The van der Waals surface area contributed by atoms with Gasteiger partial charge in [0.15, 0.2) is 9.84 Å². The molecule has 1 amide bonds. The minimum atomic E-state index is -3.35. The molecule has 9 heteroatoms. The smallest absolute Gasteiger partial charge is 0.322 e. The summed E-state index contributed by atoms with van der Waals surface area (Å²) in [6, 6.07) is 13.1. The zero-order valence-corrected chi connectivity index (χ0v) is 16.9. The lowest BCUT2D eigenvalue weighted by atomic mass is 10.2. The molecule has 0 spiro atoms. The van der Waals surface area contributed by atoms with Crippen LogP contribution in [0, 0.1) is 0 Å². The van der Waals surface area contributed by atoms with Gasteiger partial charge in [-0.2, -0.15) is 0 Å². The number of anilines is 1. The van der Waals surface area contributed by atoms with E-state index in [9.17, 15) is 13.2 Å². The monoisotopic (exact) mass is 449 g/mol. The Bertz CT molecular complexity index is 1080. The number of hydrogen-bond donors (Lipinski definition) is 1. The van der Waals surface area contributed by atoms with E-state index in [0.717, 1.165) is 0 Å². The van der Waals surface area contributed by atoms with Crippen LogP contribution in [0.5, 0.6) is 0 Å². The highest BCUT2D eigenvalue weighted by Gasteiger charge is 2.20. The lowest BCUT2D eigenvalue weighted by molar-refractivity contribution is 0.102. The van der Waals surface area contributed by atoms with Crippen LogP contribution in [0.1, 0.15) is 24.2 Å². The standard InChI is InChI=1S/C18H16BrN3O4S/c1-11(2)27(24,25)13-9-7-12(8-10-13)17-21-22-18(26-17)20-16(23)14-5-3-4-6-15(14)19/h3-11H,1-2H3,(H,20,22,23). The van der Waals surface area contributed by atoms with E-state index in [1.54, 1.807) is 50.2 Å². The molecule has 0 unspecified atom stereocenters. The van der Waals surface area contributed by atoms with Crippen molar-refractivity contribution in [3.05, 3.63) is 58.6 Å². The van der Waals surface area contributed by atoms with E-state index in [1.165, 1.54) is 12.1 Å². The van der Waals surface area contributed by atoms with E-state index in [0.29, 0.717) is 15.6 Å². The van der Waals surface area contributed by atoms with Crippen LogP contribution in [-0.2, 0) is 9.84 Å². The summed E-state index contributed by atoms with van der Waals surface area (Å²) in [6.45, 7) is 3.25. The largest absolute Gasteiger partial charge is 0.403 e. The molecular weight excluding hydrogens is 434 g/mol. The van der Waals surface area contributed by atoms with Crippen LogP contribution in [0.3, 0.4) is 0 Å². The number of rotatable bonds is 5. The van der Waals surface area contributed by atoms with Gasteiger partial charge in [-0.25, -0.2) is 8.42 Å². The van der Waals surface area contributed by atoms with Crippen LogP contribution in [0.4, 0.5) is 6.01 Å². The first-order valence-corrected chi connectivity index (χ1v) is 10.4. The molecule has 0 bridgehead atoms. The van der Waals surface area contributed by atoms with E-state index >= 15 is 0 Å². The van der Waals surface area contributed by atoms with Crippen LogP contribution in [-0.4, -0.2) is 29.8 Å². The molecule has 3 rings (SSSR count). The van der Waals surface area contributed by atoms with Gasteiger partial charge in [0.1, 0.15) is 0 Å².